The maximum atomic E-state index is 13.5. The quantitative estimate of drug-likeness (QED) is 0.379. The van der Waals surface area contributed by atoms with E-state index in [9.17, 15) is 8.78 Å². The molecule has 8 heteroatoms. The number of anilines is 2. The smallest absolute Gasteiger partial charge is 0.217 e. The number of imidazole rings is 1. The summed E-state index contributed by atoms with van der Waals surface area (Å²) in [5.74, 6) is 0.881. The van der Waals surface area contributed by atoms with Crippen LogP contribution in [0.25, 0.3) is 11.0 Å². The van der Waals surface area contributed by atoms with Crippen molar-refractivity contribution in [2.45, 2.75) is 17.7 Å². The molecular formula is C20H17F2N5S. The van der Waals surface area contributed by atoms with Crippen molar-refractivity contribution in [2.24, 2.45) is 0 Å². The third kappa shape index (κ3) is 3.96. The molecule has 28 heavy (non-hydrogen) atoms. The summed E-state index contributed by atoms with van der Waals surface area (Å²) in [5, 5.41) is 0.567. The Labute approximate surface area is 164 Å². The topological polar surface area (TPSA) is 57.7 Å². The molecule has 2 aromatic heterocycles. The minimum absolute atomic E-state index is 0.275. The molecule has 5 nitrogen and oxygen atoms in total. The van der Waals surface area contributed by atoms with Crippen molar-refractivity contribution in [2.75, 3.05) is 11.9 Å². The van der Waals surface area contributed by atoms with Crippen molar-refractivity contribution < 1.29 is 8.78 Å². The van der Waals surface area contributed by atoms with Crippen molar-refractivity contribution in [1.29, 1.82) is 0 Å². The zero-order chi connectivity index (χ0) is 19.7. The largest absolute Gasteiger partial charge is 0.344 e. The average molecular weight is 397 g/mol. The summed E-state index contributed by atoms with van der Waals surface area (Å²) in [6.45, 7) is 1.66. The first kappa shape index (κ1) is 18.4. The van der Waals surface area contributed by atoms with Crippen molar-refractivity contribution in [3.63, 3.8) is 0 Å². The van der Waals surface area contributed by atoms with E-state index in [1.165, 1.54) is 30.0 Å². The first-order valence-corrected chi connectivity index (χ1v) is 9.58. The fourth-order valence-electron chi connectivity index (χ4n) is 2.88. The summed E-state index contributed by atoms with van der Waals surface area (Å²) in [5.41, 5.74) is 3.38. The maximum Gasteiger partial charge on any atom is 0.217 e. The van der Waals surface area contributed by atoms with Crippen LogP contribution in [0, 0.1) is 18.7 Å². The minimum atomic E-state index is -0.537. The van der Waals surface area contributed by atoms with Gasteiger partial charge in [0.2, 0.25) is 5.95 Å². The van der Waals surface area contributed by atoms with Gasteiger partial charge in [0.25, 0.3) is 0 Å². The van der Waals surface area contributed by atoms with Gasteiger partial charge in [-0.1, -0.05) is 17.8 Å². The lowest BCUT2D eigenvalue weighted by atomic mass is 10.2. The highest BCUT2D eigenvalue weighted by Crippen LogP contribution is 2.28. The van der Waals surface area contributed by atoms with Crippen molar-refractivity contribution in [1.82, 2.24) is 19.9 Å². The molecule has 2 heterocycles. The summed E-state index contributed by atoms with van der Waals surface area (Å²) < 4.78 is 26.9. The Kier molecular flexibility index (Phi) is 4.95. The number of hydrogen-bond acceptors (Lipinski definition) is 5. The SMILES string of the molecule is Cc1nc(F)cc(SCc2nc3ccc(N(C)c4cccc(F)c4)cc3[nH]2)n1. The van der Waals surface area contributed by atoms with Crippen LogP contribution in [0.5, 0.6) is 0 Å². The van der Waals surface area contributed by atoms with E-state index < -0.39 is 5.95 Å². The number of nitrogens with one attached hydrogen (secondary N) is 1. The van der Waals surface area contributed by atoms with Crippen molar-refractivity contribution in [3.05, 3.63) is 71.9 Å². The number of fused-ring (bicyclic) bond motifs is 1. The lowest BCUT2D eigenvalue weighted by Crippen LogP contribution is -2.09. The van der Waals surface area contributed by atoms with Crippen LogP contribution in [0.1, 0.15) is 11.6 Å². The molecule has 0 saturated heterocycles. The fraction of sp³-hybridized carbons (Fsp3) is 0.150. The van der Waals surface area contributed by atoms with Crippen LogP contribution in [-0.2, 0) is 5.75 Å². The Morgan fingerprint density at radius 1 is 1.00 bits per heavy atom. The van der Waals surface area contributed by atoms with Gasteiger partial charge in [0.05, 0.1) is 16.8 Å². The van der Waals surface area contributed by atoms with E-state index in [-0.39, 0.29) is 5.82 Å². The molecule has 0 fully saturated rings. The predicted octanol–water partition coefficient (Wildman–Crippen LogP) is 5.00. The fourth-order valence-corrected chi connectivity index (χ4v) is 3.68. The molecule has 0 unspecified atom stereocenters. The molecule has 0 aliphatic carbocycles. The number of halogens is 2. The number of H-pyrrole nitrogens is 1. The first-order chi connectivity index (χ1) is 13.5. The number of aryl methyl sites for hydroxylation is 1. The van der Waals surface area contributed by atoms with E-state index in [2.05, 4.69) is 19.9 Å². The van der Waals surface area contributed by atoms with Crippen LogP contribution in [0.4, 0.5) is 20.2 Å². The third-order valence-electron chi connectivity index (χ3n) is 4.24. The Hall–Kier alpha value is -3.00. The molecule has 0 saturated carbocycles. The second-order valence-electron chi connectivity index (χ2n) is 6.29. The van der Waals surface area contributed by atoms with Crippen LogP contribution in [0.15, 0.2) is 53.6 Å². The number of hydrogen-bond donors (Lipinski definition) is 1. The van der Waals surface area contributed by atoms with E-state index in [1.54, 1.807) is 13.0 Å². The molecule has 0 atom stereocenters. The molecule has 0 aliphatic rings. The molecule has 0 bridgehead atoms. The summed E-state index contributed by atoms with van der Waals surface area (Å²) >= 11 is 1.39. The van der Waals surface area contributed by atoms with Gasteiger partial charge in [-0.2, -0.15) is 4.39 Å². The highest BCUT2D eigenvalue weighted by atomic mass is 32.2. The monoisotopic (exact) mass is 397 g/mol. The van der Waals surface area contributed by atoms with Gasteiger partial charge in [-0.05, 0) is 43.3 Å². The van der Waals surface area contributed by atoms with E-state index in [4.69, 9.17) is 0 Å². The molecule has 0 spiro atoms. The van der Waals surface area contributed by atoms with Gasteiger partial charge in [0, 0.05) is 24.5 Å². The molecular weight excluding hydrogens is 380 g/mol. The second kappa shape index (κ2) is 7.55. The van der Waals surface area contributed by atoms with Gasteiger partial charge in [0.15, 0.2) is 0 Å². The maximum absolute atomic E-state index is 13.5. The number of nitrogens with zero attached hydrogens (tertiary/aromatic N) is 4. The van der Waals surface area contributed by atoms with Crippen LogP contribution < -0.4 is 4.90 Å². The minimum Gasteiger partial charge on any atom is -0.344 e. The standard InChI is InChI=1S/C20H17F2N5S/c1-12-23-18(22)10-20(24-12)28-11-19-25-16-7-6-15(9-17(16)26-19)27(2)14-5-3-4-13(21)8-14/h3-10H,11H2,1-2H3,(H,25,26). The number of aromatic amines is 1. The molecule has 0 amide bonds. The van der Waals surface area contributed by atoms with Crippen LogP contribution in [-0.4, -0.2) is 27.0 Å². The summed E-state index contributed by atoms with van der Waals surface area (Å²) in [4.78, 5) is 17.6. The van der Waals surface area contributed by atoms with E-state index in [1.807, 2.05) is 36.2 Å². The van der Waals surface area contributed by atoms with Crippen LogP contribution in [0.3, 0.4) is 0 Å². The molecule has 0 aliphatic heterocycles. The first-order valence-electron chi connectivity index (χ1n) is 8.60. The zero-order valence-electron chi connectivity index (χ0n) is 15.3. The van der Waals surface area contributed by atoms with E-state index >= 15 is 0 Å². The van der Waals surface area contributed by atoms with Crippen LogP contribution in [0.2, 0.25) is 0 Å². The molecule has 2 aromatic carbocycles. The number of rotatable bonds is 5. The van der Waals surface area contributed by atoms with Gasteiger partial charge in [-0.15, -0.1) is 0 Å². The third-order valence-corrected chi connectivity index (χ3v) is 5.16. The number of thioether (sulfide) groups is 1. The molecule has 0 radical (unpaired) electrons. The Balaban J connectivity index is 1.54. The van der Waals surface area contributed by atoms with E-state index in [0.717, 1.165) is 28.2 Å². The molecule has 142 valence electrons. The van der Waals surface area contributed by atoms with E-state index in [0.29, 0.717) is 16.6 Å². The highest BCUT2D eigenvalue weighted by Gasteiger charge is 2.10. The predicted molar refractivity (Wildman–Crippen MR) is 107 cm³/mol. The van der Waals surface area contributed by atoms with Gasteiger partial charge in [0.1, 0.15) is 22.5 Å². The average Bonchev–Trinajstić information content (AvgIpc) is 3.07. The Morgan fingerprint density at radius 2 is 1.82 bits per heavy atom. The second-order valence-corrected chi connectivity index (χ2v) is 7.28. The Morgan fingerprint density at radius 3 is 2.61 bits per heavy atom. The summed E-state index contributed by atoms with van der Waals surface area (Å²) in [6.07, 6.45) is 0. The van der Waals surface area contributed by atoms with Gasteiger partial charge in [-0.3, -0.25) is 0 Å². The summed E-state index contributed by atoms with van der Waals surface area (Å²) in [7, 11) is 1.88. The number of benzene rings is 2. The summed E-state index contributed by atoms with van der Waals surface area (Å²) in [6, 6.07) is 13.6. The molecule has 4 aromatic rings. The van der Waals surface area contributed by atoms with Crippen LogP contribution >= 0.6 is 11.8 Å². The van der Waals surface area contributed by atoms with Gasteiger partial charge < -0.3 is 9.88 Å². The van der Waals surface area contributed by atoms with Crippen molar-refractivity contribution >= 4 is 34.2 Å². The van der Waals surface area contributed by atoms with Gasteiger partial charge in [-0.25, -0.2) is 19.3 Å². The molecule has 1 N–H and O–H groups in total. The Bertz CT molecular complexity index is 1120. The normalized spacial score (nSPS) is 11.1. The molecule has 4 rings (SSSR count). The number of aromatic nitrogens is 4. The highest BCUT2D eigenvalue weighted by molar-refractivity contribution is 7.98. The van der Waals surface area contributed by atoms with Crippen molar-refractivity contribution in [3.8, 4) is 0 Å². The van der Waals surface area contributed by atoms with Gasteiger partial charge >= 0.3 is 0 Å². The lowest BCUT2D eigenvalue weighted by Gasteiger charge is -2.19. The lowest BCUT2D eigenvalue weighted by molar-refractivity contribution is 0.566. The zero-order valence-corrected chi connectivity index (χ0v) is 16.1.